The van der Waals surface area contributed by atoms with E-state index >= 15 is 0 Å². The van der Waals surface area contributed by atoms with Crippen LogP contribution < -0.4 is 0 Å². The van der Waals surface area contributed by atoms with E-state index in [1.165, 1.54) is 16.0 Å². The number of aliphatic carboxylic acids is 1. The summed E-state index contributed by atoms with van der Waals surface area (Å²) in [6.07, 6.45) is 0.172. The molecule has 0 saturated carbocycles. The van der Waals surface area contributed by atoms with Crippen molar-refractivity contribution in [2.45, 2.75) is 43.8 Å². The molecule has 88 valence electrons. The molecule has 1 aromatic carbocycles. The summed E-state index contributed by atoms with van der Waals surface area (Å²) >= 11 is 1.63. The molecule has 0 bridgehead atoms. The molecule has 0 heterocycles. The van der Waals surface area contributed by atoms with Gasteiger partial charge in [0, 0.05) is 9.64 Å². The van der Waals surface area contributed by atoms with Gasteiger partial charge in [-0.15, -0.1) is 11.8 Å². The standard InChI is InChI=1S/C13H18O2S/c1-9-5-6-10(2)11(7-9)16-13(3,4)8-12(14)15/h5-7H,8H2,1-4H3,(H,14,15). The molecule has 0 fully saturated rings. The number of carboxylic acids is 1. The second kappa shape index (κ2) is 4.91. The molecule has 0 aliphatic carbocycles. The van der Waals surface area contributed by atoms with E-state index in [1.807, 2.05) is 20.8 Å². The molecule has 1 aromatic rings. The van der Waals surface area contributed by atoms with Crippen LogP contribution in [0.3, 0.4) is 0 Å². The van der Waals surface area contributed by atoms with Crippen molar-refractivity contribution in [2.75, 3.05) is 0 Å². The molecular weight excluding hydrogens is 220 g/mol. The first kappa shape index (κ1) is 13.1. The fourth-order valence-corrected chi connectivity index (χ4v) is 2.78. The molecule has 1 N–H and O–H groups in total. The van der Waals surface area contributed by atoms with Crippen LogP contribution in [0.1, 0.15) is 31.4 Å². The summed E-state index contributed by atoms with van der Waals surface area (Å²) in [4.78, 5) is 11.9. The number of hydrogen-bond donors (Lipinski definition) is 1. The van der Waals surface area contributed by atoms with Crippen LogP contribution in [0.2, 0.25) is 0 Å². The van der Waals surface area contributed by atoms with E-state index in [-0.39, 0.29) is 11.2 Å². The fourth-order valence-electron chi connectivity index (χ4n) is 1.52. The summed E-state index contributed by atoms with van der Waals surface area (Å²) in [7, 11) is 0. The Morgan fingerprint density at radius 2 is 2.00 bits per heavy atom. The third-order valence-electron chi connectivity index (χ3n) is 2.31. The summed E-state index contributed by atoms with van der Waals surface area (Å²) in [5.41, 5.74) is 2.41. The second-order valence-corrected chi connectivity index (χ2v) is 6.45. The summed E-state index contributed by atoms with van der Waals surface area (Å²) in [5.74, 6) is -0.747. The van der Waals surface area contributed by atoms with Gasteiger partial charge >= 0.3 is 5.97 Å². The van der Waals surface area contributed by atoms with Crippen molar-refractivity contribution in [3.63, 3.8) is 0 Å². The second-order valence-electron chi connectivity index (χ2n) is 4.70. The molecule has 0 atom stereocenters. The van der Waals surface area contributed by atoms with E-state index in [4.69, 9.17) is 5.11 Å². The molecule has 0 aliphatic rings. The minimum absolute atomic E-state index is 0.172. The molecule has 1 rings (SSSR count). The number of benzene rings is 1. The lowest BCUT2D eigenvalue weighted by Crippen LogP contribution is -2.19. The molecule has 3 heteroatoms. The highest BCUT2D eigenvalue weighted by atomic mass is 32.2. The van der Waals surface area contributed by atoms with Gasteiger partial charge in [-0.25, -0.2) is 0 Å². The Bertz CT molecular complexity index is 397. The van der Waals surface area contributed by atoms with Crippen molar-refractivity contribution in [2.24, 2.45) is 0 Å². The summed E-state index contributed by atoms with van der Waals surface area (Å²) in [6, 6.07) is 6.27. The minimum atomic E-state index is -0.747. The van der Waals surface area contributed by atoms with Gasteiger partial charge in [0.05, 0.1) is 6.42 Å². The lowest BCUT2D eigenvalue weighted by Gasteiger charge is -2.23. The van der Waals surface area contributed by atoms with Gasteiger partial charge in [0.15, 0.2) is 0 Å². The number of carbonyl (C=O) groups is 1. The molecule has 0 spiro atoms. The Hall–Kier alpha value is -0.960. The number of carboxylic acid groups (broad SMARTS) is 1. The van der Waals surface area contributed by atoms with Crippen LogP contribution in [-0.4, -0.2) is 15.8 Å². The van der Waals surface area contributed by atoms with Crippen LogP contribution in [0.4, 0.5) is 0 Å². The molecule has 0 saturated heterocycles. The van der Waals surface area contributed by atoms with Crippen LogP contribution in [-0.2, 0) is 4.79 Å². The quantitative estimate of drug-likeness (QED) is 0.814. The third kappa shape index (κ3) is 3.89. The summed E-state index contributed by atoms with van der Waals surface area (Å²) in [5, 5.41) is 8.84. The topological polar surface area (TPSA) is 37.3 Å². The average molecular weight is 238 g/mol. The molecule has 0 unspecified atom stereocenters. The monoisotopic (exact) mass is 238 g/mol. The van der Waals surface area contributed by atoms with Gasteiger partial charge in [0.2, 0.25) is 0 Å². The van der Waals surface area contributed by atoms with Crippen LogP contribution >= 0.6 is 11.8 Å². The zero-order chi connectivity index (χ0) is 12.3. The average Bonchev–Trinajstić information content (AvgIpc) is 2.08. The third-order valence-corrected chi connectivity index (χ3v) is 3.66. The molecular formula is C13H18O2S. The Kier molecular flexibility index (Phi) is 4.03. The number of rotatable bonds is 4. The van der Waals surface area contributed by atoms with Crippen LogP contribution in [0.15, 0.2) is 23.1 Å². The highest BCUT2D eigenvalue weighted by Gasteiger charge is 2.23. The van der Waals surface area contributed by atoms with Crippen molar-refractivity contribution in [1.82, 2.24) is 0 Å². The van der Waals surface area contributed by atoms with E-state index in [0.717, 1.165) is 0 Å². The maximum absolute atomic E-state index is 10.7. The zero-order valence-electron chi connectivity index (χ0n) is 10.2. The summed E-state index contributed by atoms with van der Waals surface area (Å²) in [6.45, 7) is 8.04. The van der Waals surface area contributed by atoms with Crippen molar-refractivity contribution in [3.05, 3.63) is 29.3 Å². The summed E-state index contributed by atoms with van der Waals surface area (Å²) < 4.78 is -0.273. The predicted octanol–water partition coefficient (Wildman–Crippen LogP) is 3.65. The number of hydrogen-bond acceptors (Lipinski definition) is 2. The normalized spacial score (nSPS) is 11.5. The van der Waals surface area contributed by atoms with E-state index in [9.17, 15) is 4.79 Å². The Morgan fingerprint density at radius 1 is 1.38 bits per heavy atom. The highest BCUT2D eigenvalue weighted by molar-refractivity contribution is 8.00. The zero-order valence-corrected chi connectivity index (χ0v) is 11.0. The van der Waals surface area contributed by atoms with Crippen LogP contribution in [0.5, 0.6) is 0 Å². The first-order valence-electron chi connectivity index (χ1n) is 5.28. The molecule has 0 aliphatic heterocycles. The minimum Gasteiger partial charge on any atom is -0.481 e. The Labute approximate surface area is 101 Å². The maximum Gasteiger partial charge on any atom is 0.304 e. The van der Waals surface area contributed by atoms with Crippen LogP contribution in [0, 0.1) is 13.8 Å². The molecule has 0 radical (unpaired) electrons. The fraction of sp³-hybridized carbons (Fsp3) is 0.462. The Balaban J connectivity index is 2.86. The lowest BCUT2D eigenvalue weighted by atomic mass is 10.1. The SMILES string of the molecule is Cc1ccc(C)c(SC(C)(C)CC(=O)O)c1. The number of aryl methyl sites for hydroxylation is 2. The van der Waals surface area contributed by atoms with E-state index < -0.39 is 5.97 Å². The first-order valence-corrected chi connectivity index (χ1v) is 6.10. The van der Waals surface area contributed by atoms with Gasteiger partial charge in [-0.3, -0.25) is 4.79 Å². The van der Waals surface area contributed by atoms with E-state index in [2.05, 4.69) is 25.1 Å². The van der Waals surface area contributed by atoms with Gasteiger partial charge in [-0.05, 0) is 39.3 Å². The lowest BCUT2D eigenvalue weighted by molar-refractivity contribution is -0.137. The molecule has 16 heavy (non-hydrogen) atoms. The molecule has 2 nitrogen and oxygen atoms in total. The van der Waals surface area contributed by atoms with Gasteiger partial charge < -0.3 is 5.11 Å². The smallest absolute Gasteiger partial charge is 0.304 e. The largest absolute Gasteiger partial charge is 0.481 e. The van der Waals surface area contributed by atoms with Gasteiger partial charge in [0.1, 0.15) is 0 Å². The van der Waals surface area contributed by atoms with Gasteiger partial charge in [-0.1, -0.05) is 17.7 Å². The first-order chi connectivity index (χ1) is 7.30. The predicted molar refractivity (Wildman–Crippen MR) is 68.1 cm³/mol. The van der Waals surface area contributed by atoms with E-state index in [0.29, 0.717) is 0 Å². The number of thioether (sulfide) groups is 1. The van der Waals surface area contributed by atoms with Crippen molar-refractivity contribution in [1.29, 1.82) is 0 Å². The van der Waals surface area contributed by atoms with Gasteiger partial charge in [0.25, 0.3) is 0 Å². The highest BCUT2D eigenvalue weighted by Crippen LogP contribution is 2.37. The van der Waals surface area contributed by atoms with E-state index in [1.54, 1.807) is 11.8 Å². The van der Waals surface area contributed by atoms with Crippen molar-refractivity contribution in [3.8, 4) is 0 Å². The van der Waals surface area contributed by atoms with Crippen molar-refractivity contribution >= 4 is 17.7 Å². The van der Waals surface area contributed by atoms with Crippen molar-refractivity contribution < 1.29 is 9.90 Å². The molecule has 0 amide bonds. The Morgan fingerprint density at radius 3 is 2.56 bits per heavy atom. The van der Waals surface area contributed by atoms with Crippen LogP contribution in [0.25, 0.3) is 0 Å². The molecule has 0 aromatic heterocycles. The maximum atomic E-state index is 10.7. The van der Waals surface area contributed by atoms with Gasteiger partial charge in [-0.2, -0.15) is 0 Å².